The highest BCUT2D eigenvalue weighted by Gasteiger charge is 2.12. The zero-order chi connectivity index (χ0) is 20.6. The Bertz CT molecular complexity index is 965. The van der Waals surface area contributed by atoms with Gasteiger partial charge in [-0.25, -0.2) is 14.8 Å². The maximum Gasteiger partial charge on any atom is 0.407 e. The van der Waals surface area contributed by atoms with Crippen LogP contribution in [0.3, 0.4) is 0 Å². The number of carboxylic acid groups (broad SMARTS) is 1. The van der Waals surface area contributed by atoms with Crippen molar-refractivity contribution in [3.05, 3.63) is 58.7 Å². The molecule has 0 saturated carbocycles. The van der Waals surface area contributed by atoms with Gasteiger partial charge in [0.25, 0.3) is 0 Å². The molecule has 0 spiro atoms. The number of unbranched alkanes of at least 4 members (excludes halogenated alkanes) is 1. The van der Waals surface area contributed by atoms with Crippen molar-refractivity contribution >= 4 is 29.0 Å². The van der Waals surface area contributed by atoms with Gasteiger partial charge in [-0.3, -0.25) is 0 Å². The summed E-state index contributed by atoms with van der Waals surface area (Å²) in [5, 5.41) is 11.3. The Hall–Kier alpha value is -3.13. The first-order valence-corrected chi connectivity index (χ1v) is 10.4. The number of aromatic nitrogens is 2. The van der Waals surface area contributed by atoms with Crippen molar-refractivity contribution in [2.24, 2.45) is 10.7 Å². The average Bonchev–Trinajstić information content (AvgIpc) is 3.40. The molecule has 0 saturated heterocycles. The van der Waals surface area contributed by atoms with Gasteiger partial charge >= 0.3 is 6.09 Å². The molecule has 0 aliphatic carbocycles. The molecule has 3 rings (SSSR count). The third-order valence-corrected chi connectivity index (χ3v) is 5.37. The Morgan fingerprint density at radius 1 is 1.31 bits per heavy atom. The minimum absolute atomic E-state index is 0.421. The molecule has 2 aromatic heterocycles. The van der Waals surface area contributed by atoms with Gasteiger partial charge in [0.1, 0.15) is 11.7 Å². The lowest BCUT2D eigenvalue weighted by atomic mass is 10.1. The predicted octanol–water partition coefficient (Wildman–Crippen LogP) is 4.50. The predicted molar refractivity (Wildman–Crippen MR) is 117 cm³/mol. The summed E-state index contributed by atoms with van der Waals surface area (Å²) in [6.07, 6.45) is 3.23. The molecule has 7 nitrogen and oxygen atoms in total. The smallest absolute Gasteiger partial charge is 0.407 e. The Labute approximate surface area is 173 Å². The summed E-state index contributed by atoms with van der Waals surface area (Å²) in [6, 6.07) is 11.6. The van der Waals surface area contributed by atoms with Crippen molar-refractivity contribution in [3.8, 4) is 11.3 Å². The van der Waals surface area contributed by atoms with E-state index in [4.69, 9.17) is 5.73 Å². The lowest BCUT2D eigenvalue weighted by molar-refractivity contribution is 0.145. The zero-order valence-corrected chi connectivity index (χ0v) is 17.2. The lowest BCUT2D eigenvalue weighted by Crippen LogP contribution is -2.32. The van der Waals surface area contributed by atoms with Gasteiger partial charge in [-0.2, -0.15) is 0 Å². The van der Waals surface area contributed by atoms with E-state index in [1.807, 2.05) is 48.7 Å². The molecule has 152 valence electrons. The first kappa shape index (κ1) is 20.6. The monoisotopic (exact) mass is 411 g/mol. The number of aromatic amines is 1. The topological polar surface area (TPSA) is 108 Å². The number of aliphatic imine (C=N–C) groups is 1. The molecule has 8 heteroatoms. The molecule has 0 unspecified atom stereocenters. The zero-order valence-electron chi connectivity index (χ0n) is 16.3. The van der Waals surface area contributed by atoms with Gasteiger partial charge in [0.05, 0.1) is 22.5 Å². The summed E-state index contributed by atoms with van der Waals surface area (Å²) < 4.78 is 0. The van der Waals surface area contributed by atoms with Crippen LogP contribution in [0.5, 0.6) is 0 Å². The van der Waals surface area contributed by atoms with Crippen molar-refractivity contribution in [2.45, 2.75) is 26.2 Å². The fraction of sp³-hybridized carbons (Fsp3) is 0.286. The van der Waals surface area contributed by atoms with Crippen LogP contribution in [0.4, 0.5) is 10.5 Å². The van der Waals surface area contributed by atoms with Crippen LogP contribution in [-0.2, 0) is 6.42 Å². The average molecular weight is 412 g/mol. The molecule has 1 aromatic carbocycles. The Kier molecular flexibility index (Phi) is 7.02. The second-order valence-electron chi connectivity index (χ2n) is 6.64. The number of imidazole rings is 1. The number of nitrogens with zero attached hydrogens (tertiary/aromatic N) is 3. The number of H-pyrrole nitrogens is 1. The van der Waals surface area contributed by atoms with Gasteiger partial charge in [-0.15, -0.1) is 11.3 Å². The number of amides is 1. The molecule has 3 aromatic rings. The van der Waals surface area contributed by atoms with Crippen LogP contribution >= 0.6 is 11.3 Å². The second kappa shape index (κ2) is 9.88. The van der Waals surface area contributed by atoms with Gasteiger partial charge in [0, 0.05) is 25.1 Å². The highest BCUT2D eigenvalue weighted by molar-refractivity contribution is 7.12. The highest BCUT2D eigenvalue weighted by Crippen LogP contribution is 2.23. The summed E-state index contributed by atoms with van der Waals surface area (Å²) in [7, 11) is 0. The lowest BCUT2D eigenvalue weighted by Gasteiger charge is -2.17. The molecule has 2 heterocycles. The quantitative estimate of drug-likeness (QED) is 0.356. The van der Waals surface area contributed by atoms with E-state index in [2.05, 4.69) is 15.0 Å². The van der Waals surface area contributed by atoms with Crippen LogP contribution in [0.15, 0.2) is 53.0 Å². The van der Waals surface area contributed by atoms with Gasteiger partial charge in [0.15, 0.2) is 0 Å². The number of carbonyl (C=O) groups is 1. The summed E-state index contributed by atoms with van der Waals surface area (Å²) in [5.41, 5.74) is 8.66. The fourth-order valence-corrected chi connectivity index (χ4v) is 3.52. The van der Waals surface area contributed by atoms with E-state index in [0.717, 1.165) is 40.5 Å². The van der Waals surface area contributed by atoms with Gasteiger partial charge < -0.3 is 20.7 Å². The number of rotatable bonds is 9. The van der Waals surface area contributed by atoms with E-state index in [1.54, 1.807) is 17.5 Å². The van der Waals surface area contributed by atoms with E-state index in [1.165, 1.54) is 4.90 Å². The third-order valence-electron chi connectivity index (χ3n) is 4.48. The van der Waals surface area contributed by atoms with E-state index < -0.39 is 6.09 Å². The highest BCUT2D eigenvalue weighted by atomic mass is 32.1. The molecule has 0 aliphatic heterocycles. The van der Waals surface area contributed by atoms with Crippen molar-refractivity contribution in [3.63, 3.8) is 0 Å². The van der Waals surface area contributed by atoms with Gasteiger partial charge in [-0.1, -0.05) is 31.5 Å². The second-order valence-corrected chi connectivity index (χ2v) is 7.59. The maximum atomic E-state index is 11.3. The Balaban J connectivity index is 1.68. The van der Waals surface area contributed by atoms with Crippen LogP contribution in [0.1, 0.15) is 30.5 Å². The molecule has 29 heavy (non-hydrogen) atoms. The van der Waals surface area contributed by atoms with Crippen LogP contribution in [-0.4, -0.2) is 45.0 Å². The third kappa shape index (κ3) is 5.68. The Morgan fingerprint density at radius 3 is 2.90 bits per heavy atom. The number of nitrogens with one attached hydrogen (secondary N) is 1. The van der Waals surface area contributed by atoms with Crippen molar-refractivity contribution < 1.29 is 9.90 Å². The van der Waals surface area contributed by atoms with Crippen molar-refractivity contribution in [1.29, 1.82) is 0 Å². The molecule has 0 fully saturated rings. The number of nitrogens with two attached hydrogens (primary N) is 1. The maximum absolute atomic E-state index is 11.3. The Morgan fingerprint density at radius 2 is 2.17 bits per heavy atom. The molecule has 1 amide bonds. The largest absolute Gasteiger partial charge is 0.465 e. The first-order valence-electron chi connectivity index (χ1n) is 9.57. The van der Waals surface area contributed by atoms with Crippen LogP contribution < -0.4 is 5.73 Å². The van der Waals surface area contributed by atoms with Crippen LogP contribution in [0.2, 0.25) is 0 Å². The van der Waals surface area contributed by atoms with E-state index >= 15 is 0 Å². The molecular formula is C21H25N5O2S. The summed E-state index contributed by atoms with van der Waals surface area (Å²) in [5.74, 6) is 1.25. The van der Waals surface area contributed by atoms with E-state index in [9.17, 15) is 9.90 Å². The summed E-state index contributed by atoms with van der Waals surface area (Å²) in [6.45, 7) is 3.01. The van der Waals surface area contributed by atoms with Crippen molar-refractivity contribution in [1.82, 2.24) is 14.9 Å². The number of hydrogen-bond acceptors (Lipinski definition) is 4. The minimum atomic E-state index is -0.890. The number of amidine groups is 1. The molecule has 0 aliphatic rings. The fourth-order valence-electron chi connectivity index (χ4n) is 2.89. The first-order chi connectivity index (χ1) is 14.1. The molecule has 0 atom stereocenters. The number of thiophene rings is 1. The summed E-state index contributed by atoms with van der Waals surface area (Å²) >= 11 is 1.55. The SMILES string of the molecule is CCCCN(CCc1ncc(-c2cccc(N=C(N)c3cccs3)c2)[nH]1)C(=O)O. The van der Waals surface area contributed by atoms with E-state index in [-0.39, 0.29) is 0 Å². The van der Waals surface area contributed by atoms with Crippen LogP contribution in [0.25, 0.3) is 11.3 Å². The molecule has 4 N–H and O–H groups in total. The minimum Gasteiger partial charge on any atom is -0.465 e. The normalized spacial score (nSPS) is 11.6. The summed E-state index contributed by atoms with van der Waals surface area (Å²) in [4.78, 5) is 25.9. The molecule has 0 bridgehead atoms. The van der Waals surface area contributed by atoms with E-state index in [0.29, 0.717) is 25.3 Å². The van der Waals surface area contributed by atoms with Crippen LogP contribution in [0, 0.1) is 0 Å². The molecule has 0 radical (unpaired) electrons. The number of benzene rings is 1. The number of hydrogen-bond donors (Lipinski definition) is 3. The van der Waals surface area contributed by atoms with Crippen molar-refractivity contribution in [2.75, 3.05) is 13.1 Å². The standard InChI is InChI=1S/C21H25N5O2S/c1-2-3-10-26(21(27)28)11-9-19-23-14-17(25-19)15-6-4-7-16(13-15)24-20(22)18-8-5-12-29-18/h4-8,12-14H,2-3,9-11H2,1H3,(H2,22,24)(H,23,25)(H,27,28). The molecular weight excluding hydrogens is 386 g/mol. The van der Waals surface area contributed by atoms with Gasteiger partial charge in [-0.05, 0) is 30.0 Å². The van der Waals surface area contributed by atoms with Gasteiger partial charge in [0.2, 0.25) is 0 Å².